The number of benzene rings is 1. The van der Waals surface area contributed by atoms with Crippen LogP contribution in [0.2, 0.25) is 5.02 Å². The topological polar surface area (TPSA) is 21.3 Å². The van der Waals surface area contributed by atoms with E-state index in [1.54, 1.807) is 7.11 Å². The van der Waals surface area contributed by atoms with Crippen LogP contribution >= 0.6 is 11.6 Å². The molecule has 0 saturated heterocycles. The third-order valence-corrected chi connectivity index (χ3v) is 2.49. The van der Waals surface area contributed by atoms with Gasteiger partial charge in [0.15, 0.2) is 0 Å². The van der Waals surface area contributed by atoms with Crippen LogP contribution in [0.3, 0.4) is 0 Å². The van der Waals surface area contributed by atoms with Crippen LogP contribution in [0, 0.1) is 0 Å². The Morgan fingerprint density at radius 1 is 1.60 bits per heavy atom. The fourth-order valence-electron chi connectivity index (χ4n) is 1.18. The van der Waals surface area contributed by atoms with Gasteiger partial charge in [-0.3, -0.25) is 0 Å². The molecule has 82 valence electrons. The van der Waals surface area contributed by atoms with E-state index in [-0.39, 0.29) is 0 Å². The van der Waals surface area contributed by atoms with Crippen molar-refractivity contribution in [2.24, 2.45) is 0 Å². The van der Waals surface area contributed by atoms with Crippen molar-refractivity contribution in [3.05, 3.63) is 41.4 Å². The van der Waals surface area contributed by atoms with E-state index in [1.165, 1.54) is 0 Å². The third kappa shape index (κ3) is 3.57. The lowest BCUT2D eigenvalue weighted by atomic mass is 10.2. The molecule has 0 amide bonds. The molecule has 0 aliphatic carbocycles. The van der Waals surface area contributed by atoms with Crippen molar-refractivity contribution in [1.82, 2.24) is 5.32 Å². The smallest absolute Gasteiger partial charge is 0.137 e. The van der Waals surface area contributed by atoms with Crippen molar-refractivity contribution < 1.29 is 4.74 Å². The average molecular weight is 226 g/mol. The first-order valence-corrected chi connectivity index (χ1v) is 5.23. The molecule has 1 aromatic carbocycles. The molecule has 15 heavy (non-hydrogen) atoms. The summed E-state index contributed by atoms with van der Waals surface area (Å²) < 4.78 is 5.08. The van der Waals surface area contributed by atoms with Gasteiger partial charge in [0.1, 0.15) is 5.75 Å². The number of hydrogen-bond acceptors (Lipinski definition) is 2. The molecule has 0 aliphatic rings. The fourth-order valence-corrected chi connectivity index (χ4v) is 1.46. The highest BCUT2D eigenvalue weighted by Crippen LogP contribution is 2.24. The van der Waals surface area contributed by atoms with Crippen LogP contribution in [0.5, 0.6) is 5.75 Å². The lowest BCUT2D eigenvalue weighted by Crippen LogP contribution is -2.22. The fraction of sp³-hybridized carbons (Fsp3) is 0.333. The molecule has 3 heteroatoms. The minimum atomic E-state index is 0.297. The van der Waals surface area contributed by atoms with Gasteiger partial charge < -0.3 is 10.1 Å². The van der Waals surface area contributed by atoms with Crippen LogP contribution in [0.4, 0.5) is 0 Å². The number of nitrogens with one attached hydrogen (secondary N) is 1. The maximum atomic E-state index is 6.01. The lowest BCUT2D eigenvalue weighted by Gasteiger charge is -2.10. The molecule has 2 nitrogen and oxygen atoms in total. The zero-order valence-corrected chi connectivity index (χ0v) is 9.84. The summed E-state index contributed by atoms with van der Waals surface area (Å²) in [6, 6.07) is 6.07. The van der Waals surface area contributed by atoms with Gasteiger partial charge in [-0.1, -0.05) is 23.7 Å². The molecule has 0 bridgehead atoms. The lowest BCUT2D eigenvalue weighted by molar-refractivity contribution is 0.415. The number of halogens is 1. The normalized spacial score (nSPS) is 12.2. The molecule has 0 fully saturated rings. The first-order valence-electron chi connectivity index (χ1n) is 4.85. The highest BCUT2D eigenvalue weighted by molar-refractivity contribution is 6.32. The van der Waals surface area contributed by atoms with Gasteiger partial charge in [-0.15, -0.1) is 6.58 Å². The summed E-state index contributed by atoms with van der Waals surface area (Å²) in [5.41, 5.74) is 1.13. The van der Waals surface area contributed by atoms with Crippen molar-refractivity contribution in [2.45, 2.75) is 19.5 Å². The standard InChI is InChI=1S/C12H16ClNO/c1-4-9(2)14-8-10-5-6-12(15-3)11(13)7-10/h4-7,9,14H,1,8H2,2-3H3. The van der Waals surface area contributed by atoms with Gasteiger partial charge in [0.2, 0.25) is 0 Å². The Labute approximate surface area is 95.9 Å². The van der Waals surface area contributed by atoms with Crippen LogP contribution in [0.15, 0.2) is 30.9 Å². The summed E-state index contributed by atoms with van der Waals surface area (Å²) in [5, 5.41) is 3.94. The SMILES string of the molecule is C=CC(C)NCc1ccc(OC)c(Cl)c1. The van der Waals surface area contributed by atoms with Crippen LogP contribution in [0.1, 0.15) is 12.5 Å². The van der Waals surface area contributed by atoms with E-state index in [0.717, 1.165) is 12.1 Å². The van der Waals surface area contributed by atoms with E-state index in [0.29, 0.717) is 16.8 Å². The van der Waals surface area contributed by atoms with Crippen molar-refractivity contribution >= 4 is 11.6 Å². The van der Waals surface area contributed by atoms with Gasteiger partial charge in [0.25, 0.3) is 0 Å². The van der Waals surface area contributed by atoms with Crippen LogP contribution in [0.25, 0.3) is 0 Å². The average Bonchev–Trinajstić information content (AvgIpc) is 2.26. The van der Waals surface area contributed by atoms with E-state index >= 15 is 0 Å². The highest BCUT2D eigenvalue weighted by atomic mass is 35.5. The van der Waals surface area contributed by atoms with Crippen molar-refractivity contribution in [3.63, 3.8) is 0 Å². The molecule has 0 radical (unpaired) electrons. The number of ether oxygens (including phenoxy) is 1. The van der Waals surface area contributed by atoms with Gasteiger partial charge in [-0.2, -0.15) is 0 Å². The first-order chi connectivity index (χ1) is 7.17. The molecule has 1 unspecified atom stereocenters. The van der Waals surface area contributed by atoms with Crippen LogP contribution in [-0.4, -0.2) is 13.2 Å². The minimum absolute atomic E-state index is 0.297. The number of rotatable bonds is 5. The summed E-state index contributed by atoms with van der Waals surface area (Å²) in [5.74, 6) is 0.706. The second kappa shape index (κ2) is 5.79. The summed E-state index contributed by atoms with van der Waals surface area (Å²) in [4.78, 5) is 0. The Morgan fingerprint density at radius 3 is 2.87 bits per heavy atom. The number of methoxy groups -OCH3 is 1. The molecule has 0 aliphatic heterocycles. The van der Waals surface area contributed by atoms with E-state index in [9.17, 15) is 0 Å². The Morgan fingerprint density at radius 2 is 2.33 bits per heavy atom. The van der Waals surface area contributed by atoms with Gasteiger partial charge in [-0.25, -0.2) is 0 Å². The molecule has 1 rings (SSSR count). The largest absolute Gasteiger partial charge is 0.495 e. The van der Waals surface area contributed by atoms with E-state index in [4.69, 9.17) is 16.3 Å². The van der Waals surface area contributed by atoms with Gasteiger partial charge in [-0.05, 0) is 24.6 Å². The molecule has 0 saturated carbocycles. The van der Waals surface area contributed by atoms with Gasteiger partial charge >= 0.3 is 0 Å². The van der Waals surface area contributed by atoms with E-state index in [2.05, 4.69) is 18.8 Å². The maximum absolute atomic E-state index is 6.01. The van der Waals surface area contributed by atoms with Gasteiger partial charge in [0.05, 0.1) is 12.1 Å². The van der Waals surface area contributed by atoms with Crippen LogP contribution in [-0.2, 0) is 6.54 Å². The van der Waals surface area contributed by atoms with Gasteiger partial charge in [0, 0.05) is 12.6 Å². The molecule has 1 atom stereocenters. The van der Waals surface area contributed by atoms with Crippen molar-refractivity contribution in [2.75, 3.05) is 7.11 Å². The third-order valence-electron chi connectivity index (χ3n) is 2.20. The Balaban J connectivity index is 2.63. The van der Waals surface area contributed by atoms with Crippen LogP contribution < -0.4 is 10.1 Å². The molecule has 0 spiro atoms. The molecule has 0 heterocycles. The maximum Gasteiger partial charge on any atom is 0.137 e. The molecule has 1 aromatic rings. The zero-order chi connectivity index (χ0) is 11.3. The summed E-state index contributed by atoms with van der Waals surface area (Å²) in [6.45, 7) is 6.54. The quantitative estimate of drug-likeness (QED) is 0.778. The number of hydrogen-bond donors (Lipinski definition) is 1. The summed E-state index contributed by atoms with van der Waals surface area (Å²) in [6.07, 6.45) is 1.87. The monoisotopic (exact) mass is 225 g/mol. The Kier molecular flexibility index (Phi) is 4.66. The van der Waals surface area contributed by atoms with E-state index in [1.807, 2.05) is 24.3 Å². The predicted octanol–water partition coefficient (Wildman–Crippen LogP) is 3.01. The molecular formula is C12H16ClNO. The second-order valence-corrected chi connectivity index (χ2v) is 3.78. The highest BCUT2D eigenvalue weighted by Gasteiger charge is 2.02. The Hall–Kier alpha value is -0.990. The van der Waals surface area contributed by atoms with Crippen molar-refractivity contribution in [1.29, 1.82) is 0 Å². The Bertz CT molecular complexity index is 338. The van der Waals surface area contributed by atoms with Crippen molar-refractivity contribution in [3.8, 4) is 5.75 Å². The first kappa shape index (κ1) is 12.1. The minimum Gasteiger partial charge on any atom is -0.495 e. The molecule has 1 N–H and O–H groups in total. The molecule has 0 aromatic heterocycles. The van der Waals surface area contributed by atoms with E-state index < -0.39 is 0 Å². The second-order valence-electron chi connectivity index (χ2n) is 3.37. The summed E-state index contributed by atoms with van der Waals surface area (Å²) >= 11 is 6.01. The zero-order valence-electron chi connectivity index (χ0n) is 9.09. The molecular weight excluding hydrogens is 210 g/mol. The predicted molar refractivity (Wildman–Crippen MR) is 64.5 cm³/mol. The summed E-state index contributed by atoms with van der Waals surface area (Å²) in [7, 11) is 1.61.